The molecule has 0 spiro atoms. The maximum absolute atomic E-state index is 13.1. The molecule has 1 amide bonds. The van der Waals surface area contributed by atoms with Crippen molar-refractivity contribution < 1.29 is 23.1 Å². The zero-order valence-corrected chi connectivity index (χ0v) is 19.5. The molecule has 1 unspecified atom stereocenters. The number of carbonyl (C=O) groups excluding carboxylic acids is 1. The number of aliphatic hydroxyl groups excluding tert-OH is 1. The standard InChI is InChI=1S/C24H32F3N5O2/c1-14(2)22(34)15-3-6-18(7-4-15)32-11-17(12-32)31-21(33)10-28-23-19-9-16(24(25,26)27)5-8-20(19)29-13-30-23/h5,8-9,13-15,17-18,22,34H,3-4,6-7,10-12H2,1-2H3,(H,31,33)(H,28,29,30)/t15-,18-,22?. The summed E-state index contributed by atoms with van der Waals surface area (Å²) in [6.45, 7) is 5.61. The Balaban J connectivity index is 1.24. The van der Waals surface area contributed by atoms with Crippen LogP contribution in [0.1, 0.15) is 45.1 Å². The number of aliphatic hydroxyl groups is 1. The Labute approximate surface area is 197 Å². The molecule has 1 aromatic heterocycles. The minimum Gasteiger partial charge on any atom is -0.393 e. The maximum atomic E-state index is 13.1. The molecule has 1 saturated heterocycles. The van der Waals surface area contributed by atoms with Crippen LogP contribution in [0.3, 0.4) is 0 Å². The molecule has 2 aromatic rings. The number of hydrogen-bond donors (Lipinski definition) is 3. The summed E-state index contributed by atoms with van der Waals surface area (Å²) in [5.74, 6) is 0.629. The normalized spacial score (nSPS) is 23.0. The molecule has 1 aliphatic heterocycles. The van der Waals surface area contributed by atoms with Crippen LogP contribution in [0.5, 0.6) is 0 Å². The summed E-state index contributed by atoms with van der Waals surface area (Å²) in [4.78, 5) is 22.8. The third-order valence-electron chi connectivity index (χ3n) is 7.08. The molecule has 0 radical (unpaired) electrons. The van der Waals surface area contributed by atoms with Crippen LogP contribution in [-0.2, 0) is 11.0 Å². The second-order valence-corrected chi connectivity index (χ2v) is 9.83. The van der Waals surface area contributed by atoms with Crippen molar-refractivity contribution in [2.45, 2.75) is 63.9 Å². The van der Waals surface area contributed by atoms with Crippen LogP contribution >= 0.6 is 0 Å². The number of benzene rings is 1. The van der Waals surface area contributed by atoms with Gasteiger partial charge in [-0.05, 0) is 55.7 Å². The van der Waals surface area contributed by atoms with Crippen molar-refractivity contribution in [1.82, 2.24) is 20.2 Å². The Morgan fingerprint density at radius 2 is 1.88 bits per heavy atom. The van der Waals surface area contributed by atoms with E-state index in [1.165, 1.54) is 12.4 Å². The quantitative estimate of drug-likeness (QED) is 0.564. The summed E-state index contributed by atoms with van der Waals surface area (Å²) in [5, 5.41) is 16.4. The SMILES string of the molecule is CC(C)C(O)[C@H]1CC[C@H](N2CC(NC(=O)CNc3ncnc4ccc(C(F)(F)F)cc34)C2)CC1. The van der Waals surface area contributed by atoms with Gasteiger partial charge in [0.15, 0.2) is 0 Å². The number of anilines is 1. The van der Waals surface area contributed by atoms with Crippen molar-refractivity contribution in [3.63, 3.8) is 0 Å². The topological polar surface area (TPSA) is 90.4 Å². The van der Waals surface area contributed by atoms with E-state index in [0.717, 1.165) is 50.9 Å². The van der Waals surface area contributed by atoms with Gasteiger partial charge in [0, 0.05) is 24.5 Å². The lowest BCUT2D eigenvalue weighted by atomic mass is 9.78. The molecule has 2 aliphatic rings. The Morgan fingerprint density at radius 1 is 1.18 bits per heavy atom. The van der Waals surface area contributed by atoms with Gasteiger partial charge in [0.25, 0.3) is 0 Å². The van der Waals surface area contributed by atoms with Gasteiger partial charge in [-0.3, -0.25) is 9.69 Å². The molecule has 0 bridgehead atoms. The predicted molar refractivity (Wildman–Crippen MR) is 123 cm³/mol. The fourth-order valence-electron chi connectivity index (χ4n) is 5.07. The summed E-state index contributed by atoms with van der Waals surface area (Å²) in [7, 11) is 0. The fourth-order valence-corrected chi connectivity index (χ4v) is 5.07. The first-order valence-electron chi connectivity index (χ1n) is 11.9. The molecule has 1 atom stereocenters. The zero-order chi connectivity index (χ0) is 24.5. The monoisotopic (exact) mass is 479 g/mol. The second kappa shape index (κ2) is 10.0. The van der Waals surface area contributed by atoms with Crippen molar-refractivity contribution in [3.05, 3.63) is 30.1 Å². The van der Waals surface area contributed by atoms with Crippen LogP contribution < -0.4 is 10.6 Å². The third-order valence-corrected chi connectivity index (χ3v) is 7.08. The smallest absolute Gasteiger partial charge is 0.393 e. The highest BCUT2D eigenvalue weighted by Gasteiger charge is 2.37. The number of carbonyl (C=O) groups is 1. The zero-order valence-electron chi connectivity index (χ0n) is 19.5. The van der Waals surface area contributed by atoms with E-state index >= 15 is 0 Å². The summed E-state index contributed by atoms with van der Waals surface area (Å²) in [6, 6.07) is 3.83. The average Bonchev–Trinajstić information content (AvgIpc) is 2.78. The number of nitrogens with one attached hydrogen (secondary N) is 2. The van der Waals surface area contributed by atoms with Gasteiger partial charge in [-0.1, -0.05) is 13.8 Å². The molecular weight excluding hydrogens is 447 g/mol. The third kappa shape index (κ3) is 5.60. The van der Waals surface area contributed by atoms with Crippen LogP contribution in [0, 0.1) is 11.8 Å². The largest absolute Gasteiger partial charge is 0.416 e. The Kier molecular flexibility index (Phi) is 7.28. The van der Waals surface area contributed by atoms with E-state index in [1.807, 2.05) is 0 Å². The lowest BCUT2D eigenvalue weighted by molar-refractivity contribution is -0.137. The number of halogens is 3. The molecule has 34 heavy (non-hydrogen) atoms. The van der Waals surface area contributed by atoms with Gasteiger partial charge < -0.3 is 15.7 Å². The highest BCUT2D eigenvalue weighted by Crippen LogP contribution is 2.34. The molecular formula is C24H32F3N5O2. The summed E-state index contributed by atoms with van der Waals surface area (Å²) >= 11 is 0. The van der Waals surface area contributed by atoms with E-state index in [-0.39, 0.29) is 41.7 Å². The molecule has 2 fully saturated rings. The number of likely N-dealkylation sites (tertiary alicyclic amines) is 1. The highest BCUT2D eigenvalue weighted by atomic mass is 19.4. The molecule has 10 heteroatoms. The van der Waals surface area contributed by atoms with Crippen molar-refractivity contribution in [2.24, 2.45) is 11.8 Å². The number of aromatic nitrogens is 2. The first-order chi connectivity index (χ1) is 16.1. The number of hydrogen-bond acceptors (Lipinski definition) is 6. The number of rotatable bonds is 7. The van der Waals surface area contributed by atoms with Crippen LogP contribution in [0.25, 0.3) is 10.9 Å². The number of alkyl halides is 3. The van der Waals surface area contributed by atoms with Gasteiger partial charge in [0.05, 0.1) is 29.8 Å². The lowest BCUT2D eigenvalue weighted by Gasteiger charge is -2.47. The molecule has 1 aliphatic carbocycles. The first kappa shape index (κ1) is 24.7. The molecule has 1 saturated carbocycles. The van der Waals surface area contributed by atoms with Gasteiger partial charge in [0.2, 0.25) is 5.91 Å². The Hall–Kier alpha value is -2.46. The minimum absolute atomic E-state index is 0.0623. The molecule has 186 valence electrons. The number of nitrogens with zero attached hydrogens (tertiary/aromatic N) is 3. The number of amides is 1. The lowest BCUT2D eigenvalue weighted by Crippen LogP contribution is -2.63. The molecule has 7 nitrogen and oxygen atoms in total. The molecule has 4 rings (SSSR count). The molecule has 2 heterocycles. The highest BCUT2D eigenvalue weighted by molar-refractivity contribution is 5.91. The average molecular weight is 480 g/mol. The van der Waals surface area contributed by atoms with Crippen molar-refractivity contribution in [2.75, 3.05) is 25.0 Å². The van der Waals surface area contributed by atoms with E-state index < -0.39 is 11.7 Å². The first-order valence-corrected chi connectivity index (χ1v) is 11.9. The van der Waals surface area contributed by atoms with Gasteiger partial charge in [-0.15, -0.1) is 0 Å². The minimum atomic E-state index is -4.47. The molecule has 1 aromatic carbocycles. The van der Waals surface area contributed by atoms with E-state index in [1.54, 1.807) is 0 Å². The predicted octanol–water partition coefficient (Wildman–Crippen LogP) is 3.44. The van der Waals surface area contributed by atoms with Gasteiger partial charge in [-0.2, -0.15) is 13.2 Å². The van der Waals surface area contributed by atoms with E-state index in [4.69, 9.17) is 0 Å². The van der Waals surface area contributed by atoms with E-state index in [2.05, 4.69) is 39.3 Å². The Bertz CT molecular complexity index is 1000. The van der Waals surface area contributed by atoms with Crippen molar-refractivity contribution >= 4 is 22.6 Å². The van der Waals surface area contributed by atoms with E-state index in [0.29, 0.717) is 17.5 Å². The summed E-state index contributed by atoms with van der Waals surface area (Å²) in [5.41, 5.74) is -0.416. The van der Waals surface area contributed by atoms with Crippen LogP contribution in [0.2, 0.25) is 0 Å². The van der Waals surface area contributed by atoms with Gasteiger partial charge >= 0.3 is 6.18 Å². The van der Waals surface area contributed by atoms with Crippen LogP contribution in [0.15, 0.2) is 24.5 Å². The van der Waals surface area contributed by atoms with Gasteiger partial charge in [-0.25, -0.2) is 9.97 Å². The fraction of sp³-hybridized carbons (Fsp3) is 0.625. The van der Waals surface area contributed by atoms with E-state index in [9.17, 15) is 23.1 Å². The second-order valence-electron chi connectivity index (χ2n) is 9.83. The van der Waals surface area contributed by atoms with Crippen LogP contribution in [0.4, 0.5) is 19.0 Å². The summed E-state index contributed by atoms with van der Waals surface area (Å²) < 4.78 is 39.2. The van der Waals surface area contributed by atoms with Crippen LogP contribution in [-0.4, -0.2) is 63.7 Å². The molecule has 3 N–H and O–H groups in total. The maximum Gasteiger partial charge on any atom is 0.416 e. The van der Waals surface area contributed by atoms with Gasteiger partial charge in [0.1, 0.15) is 12.1 Å². The van der Waals surface area contributed by atoms with Crippen molar-refractivity contribution in [1.29, 1.82) is 0 Å². The Morgan fingerprint density at radius 3 is 2.53 bits per heavy atom. The number of fused-ring (bicyclic) bond motifs is 1. The van der Waals surface area contributed by atoms with Crippen molar-refractivity contribution in [3.8, 4) is 0 Å². The summed E-state index contributed by atoms with van der Waals surface area (Å²) in [6.07, 6.45) is 0.754.